The summed E-state index contributed by atoms with van der Waals surface area (Å²) in [5.41, 5.74) is 2.06. The first-order valence-electron chi connectivity index (χ1n) is 6.51. The van der Waals surface area contributed by atoms with Crippen LogP contribution >= 0.6 is 35.4 Å². The predicted octanol–water partition coefficient (Wildman–Crippen LogP) is 0.579. The van der Waals surface area contributed by atoms with Crippen LogP contribution in [0.1, 0.15) is 0 Å². The molecular formula is C14H7Cl2N6NaS. The molecule has 0 atom stereocenters. The van der Waals surface area contributed by atoms with Crippen LogP contribution in [0.25, 0.3) is 22.9 Å². The van der Waals surface area contributed by atoms with Crippen molar-refractivity contribution in [1.29, 1.82) is 0 Å². The van der Waals surface area contributed by atoms with Gasteiger partial charge < -0.3 is 14.1 Å². The van der Waals surface area contributed by atoms with E-state index in [0.717, 1.165) is 5.69 Å². The van der Waals surface area contributed by atoms with E-state index in [2.05, 4.69) is 20.2 Å². The fourth-order valence-corrected chi connectivity index (χ4v) is 2.73. The Morgan fingerprint density at radius 1 is 1.17 bits per heavy atom. The molecule has 0 bridgehead atoms. The number of imidazole rings is 1. The first kappa shape index (κ1) is 17.6. The number of hydrogen-bond donors (Lipinski definition) is 0. The maximum atomic E-state index is 6.00. The van der Waals surface area contributed by atoms with Crippen molar-refractivity contribution in [3.63, 3.8) is 0 Å². The van der Waals surface area contributed by atoms with Crippen molar-refractivity contribution >= 4 is 41.1 Å². The molecule has 0 aliphatic rings. The Hall–Kier alpha value is -1.22. The van der Waals surface area contributed by atoms with E-state index in [1.807, 2.05) is 16.8 Å². The molecule has 0 saturated carbocycles. The van der Waals surface area contributed by atoms with Gasteiger partial charge in [0.25, 0.3) is 0 Å². The van der Waals surface area contributed by atoms with E-state index >= 15 is 0 Å². The molecule has 0 unspecified atom stereocenters. The molecule has 114 valence electrons. The van der Waals surface area contributed by atoms with Gasteiger partial charge >= 0.3 is 29.6 Å². The van der Waals surface area contributed by atoms with Gasteiger partial charge in [0.1, 0.15) is 16.5 Å². The number of pyridine rings is 2. The summed E-state index contributed by atoms with van der Waals surface area (Å²) >= 11 is 17.1. The first-order valence-corrected chi connectivity index (χ1v) is 7.67. The maximum Gasteiger partial charge on any atom is 1.00 e. The molecule has 10 heteroatoms. The van der Waals surface area contributed by atoms with Crippen LogP contribution in [0.15, 0.2) is 42.9 Å². The van der Waals surface area contributed by atoms with Crippen molar-refractivity contribution in [2.45, 2.75) is 0 Å². The summed E-state index contributed by atoms with van der Waals surface area (Å²) in [5, 5.41) is 9.13. The molecule has 24 heavy (non-hydrogen) atoms. The minimum Gasteiger partial charge on any atom is -0.388 e. The third-order valence-corrected chi connectivity index (χ3v) is 3.98. The normalized spacial score (nSPS) is 10.8. The smallest absolute Gasteiger partial charge is 0.388 e. The molecular weight excluding hydrogens is 378 g/mol. The second-order valence-electron chi connectivity index (χ2n) is 4.72. The number of nitrogens with zero attached hydrogens (tertiary/aromatic N) is 6. The Labute approximate surface area is 173 Å². The van der Waals surface area contributed by atoms with Crippen molar-refractivity contribution in [2.24, 2.45) is 0 Å². The molecule has 0 saturated heterocycles. The average molecular weight is 385 g/mol. The Bertz CT molecular complexity index is 1070. The largest absolute Gasteiger partial charge is 1.00 e. The van der Waals surface area contributed by atoms with E-state index in [9.17, 15) is 0 Å². The number of hydrogen-bond acceptors (Lipinski definition) is 4. The van der Waals surface area contributed by atoms with E-state index in [1.54, 1.807) is 35.0 Å². The van der Waals surface area contributed by atoms with Gasteiger partial charge in [-0.1, -0.05) is 41.5 Å². The maximum absolute atomic E-state index is 6.00. The zero-order valence-corrected chi connectivity index (χ0v) is 16.7. The second-order valence-corrected chi connectivity index (χ2v) is 5.91. The molecule has 0 fully saturated rings. The monoisotopic (exact) mass is 384 g/mol. The van der Waals surface area contributed by atoms with Crippen LogP contribution in [0.2, 0.25) is 10.2 Å². The zero-order valence-electron chi connectivity index (χ0n) is 12.4. The topological polar surface area (TPSA) is 62.1 Å². The minimum absolute atomic E-state index is 0. The van der Waals surface area contributed by atoms with E-state index in [4.69, 9.17) is 35.4 Å². The fraction of sp³-hybridized carbons (Fsp3) is 0. The SMILES string of the molecule is S=c1[n-]nc(-c2cn3ccc(Cl)cc3n2)n1-c1ccc(Cl)nc1.[Na+]. The van der Waals surface area contributed by atoms with Gasteiger partial charge in [0.2, 0.25) is 0 Å². The number of fused-ring (bicyclic) bond motifs is 1. The van der Waals surface area contributed by atoms with Gasteiger partial charge in [0.05, 0.1) is 5.82 Å². The van der Waals surface area contributed by atoms with Crippen molar-refractivity contribution in [1.82, 2.24) is 29.1 Å². The third-order valence-electron chi connectivity index (χ3n) is 3.25. The summed E-state index contributed by atoms with van der Waals surface area (Å²) in [5.74, 6) is 0.527. The van der Waals surface area contributed by atoms with E-state index < -0.39 is 0 Å². The third kappa shape index (κ3) is 3.15. The fourth-order valence-electron chi connectivity index (χ4n) is 2.23. The Kier molecular flexibility index (Phi) is 5.10. The molecule has 4 rings (SSSR count). The average Bonchev–Trinajstić information content (AvgIpc) is 3.11. The van der Waals surface area contributed by atoms with Crippen molar-refractivity contribution in [3.8, 4) is 17.2 Å². The van der Waals surface area contributed by atoms with E-state index in [-0.39, 0.29) is 29.6 Å². The molecule has 0 radical (unpaired) electrons. The quantitative estimate of drug-likeness (QED) is 0.287. The van der Waals surface area contributed by atoms with Gasteiger partial charge in [-0.05, 0) is 17.8 Å². The van der Waals surface area contributed by atoms with Gasteiger partial charge in [-0.2, -0.15) is 0 Å². The van der Waals surface area contributed by atoms with Crippen molar-refractivity contribution < 1.29 is 29.6 Å². The second kappa shape index (κ2) is 6.95. The van der Waals surface area contributed by atoms with Crippen LogP contribution in [0, 0.1) is 4.77 Å². The van der Waals surface area contributed by atoms with Crippen molar-refractivity contribution in [3.05, 3.63) is 57.8 Å². The van der Waals surface area contributed by atoms with Crippen LogP contribution in [-0.4, -0.2) is 24.0 Å². The number of halogens is 2. The van der Waals surface area contributed by atoms with E-state index in [0.29, 0.717) is 32.1 Å². The molecule has 0 amide bonds. The van der Waals surface area contributed by atoms with Crippen LogP contribution < -0.4 is 34.7 Å². The molecule has 0 spiro atoms. The van der Waals surface area contributed by atoms with Crippen LogP contribution in [-0.2, 0) is 0 Å². The van der Waals surface area contributed by atoms with Crippen LogP contribution in [0.5, 0.6) is 0 Å². The molecule has 0 N–H and O–H groups in total. The van der Waals surface area contributed by atoms with Crippen molar-refractivity contribution in [2.75, 3.05) is 0 Å². The number of aromatic nitrogens is 6. The summed E-state index contributed by atoms with van der Waals surface area (Å²) in [6.45, 7) is 0. The first-order chi connectivity index (χ1) is 11.1. The summed E-state index contributed by atoms with van der Waals surface area (Å²) in [6, 6.07) is 7.03. The number of rotatable bonds is 2. The minimum atomic E-state index is 0. The molecule has 0 aliphatic carbocycles. The molecule has 0 aromatic carbocycles. The zero-order chi connectivity index (χ0) is 16.0. The summed E-state index contributed by atoms with van der Waals surface area (Å²) in [4.78, 5) is 8.59. The Balaban J connectivity index is 0.00000169. The summed E-state index contributed by atoms with van der Waals surface area (Å²) in [7, 11) is 0. The summed E-state index contributed by atoms with van der Waals surface area (Å²) in [6.07, 6.45) is 5.27. The van der Waals surface area contributed by atoms with Crippen LogP contribution in [0.3, 0.4) is 0 Å². The van der Waals surface area contributed by atoms with Gasteiger partial charge in [-0.25, -0.2) is 9.97 Å². The van der Waals surface area contributed by atoms with Crippen LogP contribution in [0.4, 0.5) is 0 Å². The summed E-state index contributed by atoms with van der Waals surface area (Å²) < 4.78 is 3.87. The van der Waals surface area contributed by atoms with E-state index in [1.165, 1.54) is 0 Å². The molecule has 4 aromatic heterocycles. The molecule has 0 aliphatic heterocycles. The van der Waals surface area contributed by atoms with Gasteiger partial charge in [-0.3, -0.25) is 5.10 Å². The van der Waals surface area contributed by atoms with Gasteiger partial charge in [0.15, 0.2) is 0 Å². The molecule has 6 nitrogen and oxygen atoms in total. The molecule has 4 heterocycles. The molecule has 4 aromatic rings. The van der Waals surface area contributed by atoms with Gasteiger partial charge in [-0.15, -0.1) is 0 Å². The van der Waals surface area contributed by atoms with Gasteiger partial charge in [0, 0.05) is 34.5 Å². The Morgan fingerprint density at radius 2 is 2.00 bits per heavy atom. The standard InChI is InChI=1S/C14H8Cl2N6S.Na/c15-8-3-4-21-7-10(18-12(21)5-8)13-19-20-14(23)22(13)9-1-2-11(16)17-6-9;/h1-7H,(H,20,23);/q;+1/p-1. The Morgan fingerprint density at radius 3 is 2.75 bits per heavy atom. The predicted molar refractivity (Wildman–Crippen MR) is 89.7 cm³/mol.